The topological polar surface area (TPSA) is 58.2 Å². The van der Waals surface area contributed by atoms with Crippen LogP contribution in [0.1, 0.15) is 31.8 Å². The molecule has 28 heavy (non-hydrogen) atoms. The summed E-state index contributed by atoms with van der Waals surface area (Å²) in [7, 11) is 0. The molecule has 4 rings (SSSR count). The van der Waals surface area contributed by atoms with E-state index in [9.17, 15) is 9.59 Å². The first-order chi connectivity index (χ1) is 13.6. The average Bonchev–Trinajstić information content (AvgIpc) is 2.84. The number of fused-ring (bicyclic) bond motifs is 2. The van der Waals surface area contributed by atoms with Crippen LogP contribution in [0.5, 0.6) is 0 Å². The lowest BCUT2D eigenvalue weighted by Crippen LogP contribution is -2.25. The summed E-state index contributed by atoms with van der Waals surface area (Å²) >= 11 is 1.53. The summed E-state index contributed by atoms with van der Waals surface area (Å²) in [5.74, 6) is -0.297. The Bertz CT molecular complexity index is 1040. The van der Waals surface area contributed by atoms with Gasteiger partial charge in [0.15, 0.2) is 0 Å². The molecule has 1 heterocycles. The van der Waals surface area contributed by atoms with Gasteiger partial charge in [0, 0.05) is 21.9 Å². The summed E-state index contributed by atoms with van der Waals surface area (Å²) in [4.78, 5) is 26.8. The summed E-state index contributed by atoms with van der Waals surface area (Å²) in [5, 5.41) is 5.88. The maximum absolute atomic E-state index is 12.5. The standard InChI is InChI=1S/C23H20N2O2S/c1-15-6-8-16(9-7-15)12-13-24-22(26)17-10-11-21-19(14-17)25-23(27)18-4-2-3-5-20(18)28-21/h2-11,14H,12-13H2,1H3,(H,24,26)(H,25,27). The number of rotatable bonds is 4. The normalized spacial score (nSPS) is 12.4. The van der Waals surface area contributed by atoms with E-state index in [-0.39, 0.29) is 11.8 Å². The van der Waals surface area contributed by atoms with Crippen molar-refractivity contribution in [3.05, 3.63) is 89.0 Å². The van der Waals surface area contributed by atoms with Crippen LogP contribution in [-0.4, -0.2) is 18.4 Å². The molecule has 0 fully saturated rings. The molecule has 0 atom stereocenters. The molecule has 2 amide bonds. The predicted octanol–water partition coefficient (Wildman–Crippen LogP) is 4.68. The van der Waals surface area contributed by atoms with Crippen molar-refractivity contribution in [1.29, 1.82) is 0 Å². The first-order valence-corrected chi connectivity index (χ1v) is 9.98. The van der Waals surface area contributed by atoms with Crippen molar-refractivity contribution in [2.75, 3.05) is 11.9 Å². The van der Waals surface area contributed by atoms with E-state index in [1.165, 1.54) is 22.9 Å². The van der Waals surface area contributed by atoms with Crippen LogP contribution >= 0.6 is 11.8 Å². The SMILES string of the molecule is Cc1ccc(CCNC(=O)c2ccc3c(c2)NC(=O)c2ccccc2S3)cc1. The fraction of sp³-hybridized carbons (Fsp3) is 0.130. The zero-order valence-electron chi connectivity index (χ0n) is 15.5. The quantitative estimate of drug-likeness (QED) is 0.682. The number of hydrogen-bond acceptors (Lipinski definition) is 3. The van der Waals surface area contributed by atoms with Gasteiger partial charge in [-0.2, -0.15) is 0 Å². The van der Waals surface area contributed by atoms with E-state index in [1.54, 1.807) is 12.1 Å². The Kier molecular flexibility index (Phi) is 5.17. The number of carbonyl (C=O) groups excluding carboxylic acids is 2. The van der Waals surface area contributed by atoms with E-state index in [0.29, 0.717) is 23.4 Å². The van der Waals surface area contributed by atoms with Crippen molar-refractivity contribution in [2.24, 2.45) is 0 Å². The fourth-order valence-electron chi connectivity index (χ4n) is 3.09. The highest BCUT2D eigenvalue weighted by molar-refractivity contribution is 7.99. The minimum absolute atomic E-state index is 0.143. The largest absolute Gasteiger partial charge is 0.352 e. The van der Waals surface area contributed by atoms with Crippen molar-refractivity contribution in [3.63, 3.8) is 0 Å². The maximum atomic E-state index is 12.5. The van der Waals surface area contributed by atoms with Crippen molar-refractivity contribution >= 4 is 29.3 Å². The van der Waals surface area contributed by atoms with E-state index >= 15 is 0 Å². The number of benzene rings is 3. The van der Waals surface area contributed by atoms with E-state index < -0.39 is 0 Å². The molecule has 0 spiro atoms. The third-order valence-electron chi connectivity index (χ3n) is 4.66. The second-order valence-corrected chi connectivity index (χ2v) is 7.84. The zero-order valence-corrected chi connectivity index (χ0v) is 16.3. The second kappa shape index (κ2) is 7.90. The van der Waals surface area contributed by atoms with Crippen LogP contribution in [0.3, 0.4) is 0 Å². The van der Waals surface area contributed by atoms with E-state index in [4.69, 9.17) is 0 Å². The summed E-state index contributed by atoms with van der Waals surface area (Å²) in [6.07, 6.45) is 0.777. The number of amides is 2. The van der Waals surface area contributed by atoms with Crippen LogP contribution < -0.4 is 10.6 Å². The summed E-state index contributed by atoms with van der Waals surface area (Å²) in [6, 6.07) is 21.2. The average molecular weight is 388 g/mol. The minimum Gasteiger partial charge on any atom is -0.352 e. The monoisotopic (exact) mass is 388 g/mol. The molecule has 0 radical (unpaired) electrons. The molecule has 0 bridgehead atoms. The summed E-state index contributed by atoms with van der Waals surface area (Å²) < 4.78 is 0. The predicted molar refractivity (Wildman–Crippen MR) is 112 cm³/mol. The lowest BCUT2D eigenvalue weighted by atomic mass is 10.1. The number of aryl methyl sites for hydroxylation is 1. The fourth-order valence-corrected chi connectivity index (χ4v) is 4.10. The van der Waals surface area contributed by atoms with Crippen LogP contribution in [0.2, 0.25) is 0 Å². The van der Waals surface area contributed by atoms with Gasteiger partial charge in [-0.25, -0.2) is 0 Å². The second-order valence-electron chi connectivity index (χ2n) is 6.75. The molecule has 4 nitrogen and oxygen atoms in total. The highest BCUT2D eigenvalue weighted by Crippen LogP contribution is 2.38. The third-order valence-corrected chi connectivity index (χ3v) is 5.81. The summed E-state index contributed by atoms with van der Waals surface area (Å²) in [5.41, 5.74) is 4.26. The van der Waals surface area contributed by atoms with E-state index in [1.807, 2.05) is 30.3 Å². The van der Waals surface area contributed by atoms with Gasteiger partial charge in [-0.1, -0.05) is 53.7 Å². The first kappa shape index (κ1) is 18.3. The molecule has 0 aromatic heterocycles. The first-order valence-electron chi connectivity index (χ1n) is 9.16. The molecule has 3 aromatic rings. The van der Waals surface area contributed by atoms with Crippen LogP contribution in [0.4, 0.5) is 5.69 Å². The molecule has 1 aliphatic heterocycles. The van der Waals surface area contributed by atoms with Gasteiger partial charge in [-0.15, -0.1) is 0 Å². The zero-order chi connectivity index (χ0) is 19.5. The number of nitrogens with one attached hydrogen (secondary N) is 2. The highest BCUT2D eigenvalue weighted by Gasteiger charge is 2.20. The Morgan fingerprint density at radius 3 is 2.61 bits per heavy atom. The molecule has 0 unspecified atom stereocenters. The van der Waals surface area contributed by atoms with Crippen molar-refractivity contribution in [1.82, 2.24) is 5.32 Å². The van der Waals surface area contributed by atoms with Gasteiger partial charge in [0.1, 0.15) is 0 Å². The summed E-state index contributed by atoms with van der Waals surface area (Å²) in [6.45, 7) is 2.62. The third kappa shape index (κ3) is 3.94. The van der Waals surface area contributed by atoms with Gasteiger partial charge in [-0.05, 0) is 49.2 Å². The van der Waals surface area contributed by atoms with Gasteiger partial charge in [0.2, 0.25) is 0 Å². The Morgan fingerprint density at radius 2 is 1.79 bits per heavy atom. The lowest BCUT2D eigenvalue weighted by molar-refractivity contribution is 0.0952. The van der Waals surface area contributed by atoms with Crippen LogP contribution in [0, 0.1) is 6.92 Å². The van der Waals surface area contributed by atoms with Gasteiger partial charge < -0.3 is 10.6 Å². The Labute approximate surface area is 168 Å². The minimum atomic E-state index is -0.154. The number of hydrogen-bond donors (Lipinski definition) is 2. The van der Waals surface area contributed by atoms with Crippen molar-refractivity contribution < 1.29 is 9.59 Å². The van der Waals surface area contributed by atoms with Crippen molar-refractivity contribution in [3.8, 4) is 0 Å². The molecule has 0 saturated carbocycles. The Morgan fingerprint density at radius 1 is 1.00 bits per heavy atom. The van der Waals surface area contributed by atoms with Crippen LogP contribution in [-0.2, 0) is 6.42 Å². The van der Waals surface area contributed by atoms with Gasteiger partial charge in [-0.3, -0.25) is 9.59 Å². The Hall–Kier alpha value is -3.05. The van der Waals surface area contributed by atoms with E-state index in [0.717, 1.165) is 16.2 Å². The van der Waals surface area contributed by atoms with Crippen molar-refractivity contribution in [2.45, 2.75) is 23.1 Å². The molecule has 0 saturated heterocycles. The maximum Gasteiger partial charge on any atom is 0.256 e. The van der Waals surface area contributed by atoms with Gasteiger partial charge in [0.25, 0.3) is 11.8 Å². The molecule has 140 valence electrons. The smallest absolute Gasteiger partial charge is 0.256 e. The number of carbonyl (C=O) groups is 2. The molecule has 0 aliphatic carbocycles. The molecular formula is C23H20N2O2S. The Balaban J connectivity index is 1.45. The van der Waals surface area contributed by atoms with Crippen LogP contribution in [0.15, 0.2) is 76.5 Å². The van der Waals surface area contributed by atoms with Gasteiger partial charge in [0.05, 0.1) is 11.3 Å². The lowest BCUT2D eigenvalue weighted by Gasteiger charge is -2.10. The molecule has 2 N–H and O–H groups in total. The van der Waals surface area contributed by atoms with Crippen LogP contribution in [0.25, 0.3) is 0 Å². The van der Waals surface area contributed by atoms with E-state index in [2.05, 4.69) is 41.8 Å². The highest BCUT2D eigenvalue weighted by atomic mass is 32.2. The molecule has 3 aromatic carbocycles. The molecule has 1 aliphatic rings. The molecule has 5 heteroatoms. The molecular weight excluding hydrogens is 368 g/mol. The number of anilines is 1. The van der Waals surface area contributed by atoms with Gasteiger partial charge >= 0.3 is 0 Å².